The number of hydrogen-bond acceptors (Lipinski definition) is 1. The Morgan fingerprint density at radius 3 is 2.65 bits per heavy atom. The molecule has 0 saturated carbocycles. The van der Waals surface area contributed by atoms with Crippen molar-refractivity contribution >= 4 is 46.5 Å². The number of nitrogens with one attached hydrogen (secondary N) is 1. The summed E-state index contributed by atoms with van der Waals surface area (Å²) in [4.78, 5) is 2.96. The summed E-state index contributed by atoms with van der Waals surface area (Å²) in [5.74, 6) is -0.325. The van der Waals surface area contributed by atoms with Gasteiger partial charge in [0, 0.05) is 5.02 Å². The van der Waals surface area contributed by atoms with Crippen LogP contribution in [0.1, 0.15) is 5.56 Å². The fourth-order valence-electron chi connectivity index (χ4n) is 2.13. The van der Waals surface area contributed by atoms with Crippen LogP contribution in [0.2, 0.25) is 10.0 Å². The average molecular weight is 327 g/mol. The lowest BCUT2D eigenvalue weighted by Gasteiger charge is -2.09. The SMILES string of the molecule is Cc1cc(Cl)c(-n2c(=S)[nH]c3cc(F)ccc32)cc1Cl. The van der Waals surface area contributed by atoms with E-state index >= 15 is 0 Å². The maximum absolute atomic E-state index is 13.3. The standard InChI is InChI=1S/C14H9Cl2FN2S/c1-7-4-10(16)13(6-9(7)15)19-12-3-2-8(17)5-11(12)18-14(19)20/h2-6H,1H3,(H,18,20). The zero-order chi connectivity index (χ0) is 14.4. The summed E-state index contributed by atoms with van der Waals surface area (Å²) in [6, 6.07) is 7.96. The minimum atomic E-state index is -0.325. The van der Waals surface area contributed by atoms with E-state index < -0.39 is 0 Å². The summed E-state index contributed by atoms with van der Waals surface area (Å²) in [5.41, 5.74) is 2.92. The highest BCUT2D eigenvalue weighted by molar-refractivity contribution is 7.71. The van der Waals surface area contributed by atoms with Gasteiger partial charge in [0.05, 0.1) is 21.7 Å². The van der Waals surface area contributed by atoms with Crippen molar-refractivity contribution in [1.29, 1.82) is 0 Å². The molecule has 0 radical (unpaired) electrons. The first-order valence-corrected chi connectivity index (χ1v) is 7.00. The number of aromatic nitrogens is 2. The van der Waals surface area contributed by atoms with Crippen LogP contribution in [-0.2, 0) is 0 Å². The highest BCUT2D eigenvalue weighted by atomic mass is 35.5. The molecule has 0 atom stereocenters. The molecule has 0 aliphatic rings. The summed E-state index contributed by atoms with van der Waals surface area (Å²) in [6.45, 7) is 1.88. The first-order valence-electron chi connectivity index (χ1n) is 5.83. The van der Waals surface area contributed by atoms with Gasteiger partial charge in [-0.3, -0.25) is 4.57 Å². The Balaban J connectivity index is 2.38. The largest absolute Gasteiger partial charge is 0.330 e. The second kappa shape index (κ2) is 4.88. The number of halogens is 3. The predicted octanol–water partition coefficient (Wildman–Crippen LogP) is 5.44. The van der Waals surface area contributed by atoms with Gasteiger partial charge in [-0.2, -0.15) is 0 Å². The lowest BCUT2D eigenvalue weighted by molar-refractivity contribution is 0.629. The van der Waals surface area contributed by atoms with Crippen LogP contribution >= 0.6 is 35.4 Å². The normalized spacial score (nSPS) is 11.2. The molecular weight excluding hydrogens is 318 g/mol. The summed E-state index contributed by atoms with van der Waals surface area (Å²) < 4.78 is 15.5. The summed E-state index contributed by atoms with van der Waals surface area (Å²) in [6.07, 6.45) is 0. The molecule has 0 unspecified atom stereocenters. The second-order valence-corrected chi connectivity index (χ2v) is 5.68. The molecule has 0 aliphatic heterocycles. The van der Waals surface area contributed by atoms with Gasteiger partial charge in [-0.05, 0) is 55.0 Å². The van der Waals surface area contributed by atoms with Crippen molar-refractivity contribution in [1.82, 2.24) is 9.55 Å². The fraction of sp³-hybridized carbons (Fsp3) is 0.0714. The average Bonchev–Trinajstić information content (AvgIpc) is 2.69. The van der Waals surface area contributed by atoms with Gasteiger partial charge in [0.2, 0.25) is 0 Å². The molecule has 1 N–H and O–H groups in total. The smallest absolute Gasteiger partial charge is 0.182 e. The van der Waals surface area contributed by atoms with Crippen molar-refractivity contribution in [2.24, 2.45) is 0 Å². The van der Waals surface area contributed by atoms with E-state index in [1.54, 1.807) is 22.8 Å². The van der Waals surface area contributed by atoms with Crippen LogP contribution in [0.4, 0.5) is 4.39 Å². The van der Waals surface area contributed by atoms with Crippen LogP contribution in [0.5, 0.6) is 0 Å². The first-order chi connectivity index (χ1) is 9.47. The van der Waals surface area contributed by atoms with Crippen molar-refractivity contribution < 1.29 is 4.39 Å². The molecule has 3 aromatic rings. The minimum Gasteiger partial charge on any atom is -0.330 e. The van der Waals surface area contributed by atoms with Gasteiger partial charge < -0.3 is 4.98 Å². The van der Waals surface area contributed by atoms with Crippen LogP contribution < -0.4 is 0 Å². The summed E-state index contributed by atoms with van der Waals surface area (Å²) in [5, 5.41) is 1.14. The number of aromatic amines is 1. The van der Waals surface area contributed by atoms with Crippen LogP contribution in [0.3, 0.4) is 0 Å². The maximum Gasteiger partial charge on any atom is 0.182 e. The Morgan fingerprint density at radius 2 is 1.90 bits per heavy atom. The van der Waals surface area contributed by atoms with Crippen LogP contribution in [-0.4, -0.2) is 9.55 Å². The number of imidazole rings is 1. The van der Waals surface area contributed by atoms with Crippen molar-refractivity contribution in [2.45, 2.75) is 6.92 Å². The van der Waals surface area contributed by atoms with Crippen LogP contribution in [0, 0.1) is 17.5 Å². The topological polar surface area (TPSA) is 20.7 Å². The van der Waals surface area contributed by atoms with E-state index in [-0.39, 0.29) is 5.82 Å². The number of hydrogen-bond donors (Lipinski definition) is 1. The van der Waals surface area contributed by atoms with Gasteiger partial charge in [-0.1, -0.05) is 23.2 Å². The van der Waals surface area contributed by atoms with E-state index in [0.717, 1.165) is 11.1 Å². The van der Waals surface area contributed by atoms with E-state index in [4.69, 9.17) is 35.4 Å². The molecule has 1 aromatic heterocycles. The summed E-state index contributed by atoms with van der Waals surface area (Å²) >= 11 is 17.7. The van der Waals surface area contributed by atoms with Crippen molar-refractivity contribution in [3.05, 3.63) is 56.5 Å². The molecule has 3 rings (SSSR count). The molecule has 2 aromatic carbocycles. The number of H-pyrrole nitrogens is 1. The predicted molar refractivity (Wildman–Crippen MR) is 83.2 cm³/mol. The van der Waals surface area contributed by atoms with Gasteiger partial charge in [0.15, 0.2) is 4.77 Å². The number of benzene rings is 2. The Morgan fingerprint density at radius 1 is 1.15 bits per heavy atom. The third kappa shape index (κ3) is 2.14. The number of fused-ring (bicyclic) bond motifs is 1. The molecule has 0 amide bonds. The Labute approximate surface area is 129 Å². The van der Waals surface area contributed by atoms with E-state index in [1.807, 2.05) is 6.92 Å². The first kappa shape index (κ1) is 13.6. The van der Waals surface area contributed by atoms with Crippen LogP contribution in [0.15, 0.2) is 30.3 Å². The van der Waals surface area contributed by atoms with Crippen molar-refractivity contribution in [2.75, 3.05) is 0 Å². The van der Waals surface area contributed by atoms with Gasteiger partial charge in [0.1, 0.15) is 5.82 Å². The van der Waals surface area contributed by atoms with Gasteiger partial charge in [-0.15, -0.1) is 0 Å². The lowest BCUT2D eigenvalue weighted by Crippen LogP contribution is -1.96. The molecule has 0 spiro atoms. The van der Waals surface area contributed by atoms with Crippen molar-refractivity contribution in [3.63, 3.8) is 0 Å². The van der Waals surface area contributed by atoms with Gasteiger partial charge in [0.25, 0.3) is 0 Å². The van der Waals surface area contributed by atoms with E-state index in [9.17, 15) is 4.39 Å². The number of rotatable bonds is 1. The Bertz CT molecular complexity index is 883. The van der Waals surface area contributed by atoms with E-state index in [2.05, 4.69) is 4.98 Å². The maximum atomic E-state index is 13.3. The minimum absolute atomic E-state index is 0.325. The molecule has 6 heteroatoms. The third-order valence-corrected chi connectivity index (χ3v) is 4.11. The highest BCUT2D eigenvalue weighted by Gasteiger charge is 2.12. The lowest BCUT2D eigenvalue weighted by atomic mass is 10.2. The van der Waals surface area contributed by atoms with E-state index in [0.29, 0.717) is 26.0 Å². The fourth-order valence-corrected chi connectivity index (χ4v) is 2.90. The highest BCUT2D eigenvalue weighted by Crippen LogP contribution is 2.30. The second-order valence-electron chi connectivity index (χ2n) is 4.48. The molecule has 0 bridgehead atoms. The third-order valence-electron chi connectivity index (χ3n) is 3.11. The monoisotopic (exact) mass is 326 g/mol. The zero-order valence-corrected chi connectivity index (χ0v) is 12.7. The Hall–Kier alpha value is -1.36. The van der Waals surface area contributed by atoms with Crippen molar-refractivity contribution in [3.8, 4) is 5.69 Å². The molecule has 0 fully saturated rings. The Kier molecular flexibility index (Phi) is 3.32. The van der Waals surface area contributed by atoms with E-state index in [1.165, 1.54) is 12.1 Å². The molecule has 20 heavy (non-hydrogen) atoms. The zero-order valence-electron chi connectivity index (χ0n) is 10.4. The molecule has 102 valence electrons. The molecule has 2 nitrogen and oxygen atoms in total. The molecule has 0 aliphatic carbocycles. The molecule has 1 heterocycles. The quantitative estimate of drug-likeness (QED) is 0.590. The molecular formula is C14H9Cl2FN2S. The van der Waals surface area contributed by atoms with Gasteiger partial charge in [-0.25, -0.2) is 4.39 Å². The van der Waals surface area contributed by atoms with Crippen LogP contribution in [0.25, 0.3) is 16.7 Å². The molecule has 0 saturated heterocycles. The number of nitrogens with zero attached hydrogens (tertiary/aromatic N) is 1. The number of aryl methyl sites for hydroxylation is 1. The summed E-state index contributed by atoms with van der Waals surface area (Å²) in [7, 11) is 0. The van der Waals surface area contributed by atoms with Gasteiger partial charge >= 0.3 is 0 Å².